The number of hydrogen-bond acceptors (Lipinski definition) is 4. The SMILES string of the molecule is CC(C)OC(=O)CC(NC(=O)C(C)C(N)c1ccccc1)c1ccccc1. The molecule has 0 bridgehead atoms. The highest BCUT2D eigenvalue weighted by atomic mass is 16.5. The van der Waals surface area contributed by atoms with E-state index in [0.717, 1.165) is 11.1 Å². The molecule has 0 aromatic heterocycles. The summed E-state index contributed by atoms with van der Waals surface area (Å²) in [5, 5.41) is 2.97. The van der Waals surface area contributed by atoms with Crippen LogP contribution in [0.2, 0.25) is 0 Å². The third kappa shape index (κ3) is 6.22. The number of nitrogens with one attached hydrogen (secondary N) is 1. The van der Waals surface area contributed by atoms with Crippen LogP contribution in [0.15, 0.2) is 60.7 Å². The van der Waals surface area contributed by atoms with Crippen molar-refractivity contribution in [2.45, 2.75) is 45.4 Å². The third-order valence-corrected chi connectivity index (χ3v) is 4.39. The van der Waals surface area contributed by atoms with E-state index in [-0.39, 0.29) is 24.4 Å². The maximum absolute atomic E-state index is 12.8. The van der Waals surface area contributed by atoms with Crippen molar-refractivity contribution in [1.29, 1.82) is 0 Å². The van der Waals surface area contributed by atoms with Crippen LogP contribution >= 0.6 is 0 Å². The average molecular weight is 368 g/mol. The Balaban J connectivity index is 2.11. The molecule has 2 aromatic rings. The molecule has 2 rings (SSSR count). The molecule has 0 saturated carbocycles. The van der Waals surface area contributed by atoms with Crippen LogP contribution < -0.4 is 11.1 Å². The van der Waals surface area contributed by atoms with Gasteiger partial charge >= 0.3 is 5.97 Å². The number of carbonyl (C=O) groups is 2. The van der Waals surface area contributed by atoms with E-state index in [1.807, 2.05) is 60.7 Å². The molecule has 0 heterocycles. The van der Waals surface area contributed by atoms with Crippen molar-refractivity contribution in [2.75, 3.05) is 0 Å². The molecule has 0 aliphatic heterocycles. The number of carbonyl (C=O) groups excluding carboxylic acids is 2. The molecule has 0 saturated heterocycles. The smallest absolute Gasteiger partial charge is 0.308 e. The summed E-state index contributed by atoms with van der Waals surface area (Å²) < 4.78 is 5.25. The predicted octanol–water partition coefficient (Wildman–Crippen LogP) is 3.52. The Morgan fingerprint density at radius 1 is 0.926 bits per heavy atom. The lowest BCUT2D eigenvalue weighted by Crippen LogP contribution is -2.38. The fourth-order valence-corrected chi connectivity index (χ4v) is 2.85. The first-order chi connectivity index (χ1) is 12.9. The quantitative estimate of drug-likeness (QED) is 0.699. The van der Waals surface area contributed by atoms with E-state index in [0.29, 0.717) is 0 Å². The summed E-state index contributed by atoms with van der Waals surface area (Å²) in [5.74, 6) is -0.989. The van der Waals surface area contributed by atoms with Gasteiger partial charge in [-0.2, -0.15) is 0 Å². The van der Waals surface area contributed by atoms with E-state index in [4.69, 9.17) is 10.5 Å². The van der Waals surface area contributed by atoms with Gasteiger partial charge in [0, 0.05) is 6.04 Å². The molecule has 0 radical (unpaired) electrons. The second kappa shape index (κ2) is 9.88. The minimum absolute atomic E-state index is 0.0707. The minimum atomic E-state index is -0.463. The van der Waals surface area contributed by atoms with Crippen molar-refractivity contribution < 1.29 is 14.3 Å². The maximum atomic E-state index is 12.8. The second-order valence-electron chi connectivity index (χ2n) is 6.94. The molecule has 144 valence electrons. The van der Waals surface area contributed by atoms with Gasteiger partial charge in [-0.15, -0.1) is 0 Å². The first kappa shape index (κ1) is 20.6. The Morgan fingerprint density at radius 2 is 1.44 bits per heavy atom. The monoisotopic (exact) mass is 368 g/mol. The molecular weight excluding hydrogens is 340 g/mol. The number of esters is 1. The number of ether oxygens (including phenoxy) is 1. The Bertz CT molecular complexity index is 732. The third-order valence-electron chi connectivity index (χ3n) is 4.39. The van der Waals surface area contributed by atoms with Crippen LogP contribution in [0.25, 0.3) is 0 Å². The van der Waals surface area contributed by atoms with Crippen LogP contribution in [0.3, 0.4) is 0 Å². The molecule has 0 spiro atoms. The van der Waals surface area contributed by atoms with Crippen molar-refractivity contribution in [3.05, 3.63) is 71.8 Å². The summed E-state index contributed by atoms with van der Waals surface area (Å²) >= 11 is 0. The van der Waals surface area contributed by atoms with E-state index in [9.17, 15) is 9.59 Å². The summed E-state index contributed by atoms with van der Waals surface area (Å²) in [7, 11) is 0. The molecule has 3 N–H and O–H groups in total. The van der Waals surface area contributed by atoms with Crippen molar-refractivity contribution >= 4 is 11.9 Å². The standard InChI is InChI=1S/C22H28N2O3/c1-15(2)27-20(25)14-19(17-10-6-4-7-11-17)24-22(26)16(3)21(23)18-12-8-5-9-13-18/h4-13,15-16,19,21H,14,23H2,1-3H3,(H,24,26). The van der Waals surface area contributed by atoms with Gasteiger partial charge in [-0.25, -0.2) is 0 Å². The summed E-state index contributed by atoms with van der Waals surface area (Å²) in [6.45, 7) is 5.39. The summed E-state index contributed by atoms with van der Waals surface area (Å²) in [5.41, 5.74) is 8.02. The van der Waals surface area contributed by atoms with Crippen molar-refractivity contribution in [2.24, 2.45) is 11.7 Å². The van der Waals surface area contributed by atoms with E-state index < -0.39 is 18.0 Å². The second-order valence-corrected chi connectivity index (χ2v) is 6.94. The Labute approximate surface area is 160 Å². The van der Waals surface area contributed by atoms with E-state index in [1.54, 1.807) is 20.8 Å². The van der Waals surface area contributed by atoms with Crippen LogP contribution in [0.4, 0.5) is 0 Å². The van der Waals surface area contributed by atoms with Gasteiger partial charge in [0.1, 0.15) is 0 Å². The molecular formula is C22H28N2O3. The van der Waals surface area contributed by atoms with Gasteiger partial charge in [0.25, 0.3) is 0 Å². The van der Waals surface area contributed by atoms with Crippen LogP contribution in [-0.2, 0) is 14.3 Å². The van der Waals surface area contributed by atoms with Crippen LogP contribution in [-0.4, -0.2) is 18.0 Å². The van der Waals surface area contributed by atoms with Crippen LogP contribution in [0.1, 0.15) is 50.4 Å². The first-order valence-electron chi connectivity index (χ1n) is 9.23. The molecule has 0 aliphatic carbocycles. The molecule has 3 atom stereocenters. The summed E-state index contributed by atoms with van der Waals surface area (Å²) in [6.07, 6.45) is -0.128. The fourth-order valence-electron chi connectivity index (χ4n) is 2.85. The summed E-state index contributed by atoms with van der Waals surface area (Å²) in [4.78, 5) is 24.9. The number of benzene rings is 2. The maximum Gasteiger partial charge on any atom is 0.308 e. The topological polar surface area (TPSA) is 81.4 Å². The molecule has 0 fully saturated rings. The summed E-state index contributed by atoms with van der Waals surface area (Å²) in [6, 6.07) is 18.0. The Morgan fingerprint density at radius 3 is 1.96 bits per heavy atom. The predicted molar refractivity (Wildman–Crippen MR) is 106 cm³/mol. The zero-order chi connectivity index (χ0) is 19.8. The van der Waals surface area contributed by atoms with E-state index in [1.165, 1.54) is 0 Å². The largest absolute Gasteiger partial charge is 0.463 e. The molecule has 3 unspecified atom stereocenters. The molecule has 0 aliphatic rings. The van der Waals surface area contributed by atoms with Gasteiger partial charge in [-0.1, -0.05) is 67.6 Å². The molecule has 5 nitrogen and oxygen atoms in total. The number of rotatable bonds is 8. The Hall–Kier alpha value is -2.66. The molecule has 2 aromatic carbocycles. The zero-order valence-electron chi connectivity index (χ0n) is 16.1. The number of amides is 1. The minimum Gasteiger partial charge on any atom is -0.463 e. The lowest BCUT2D eigenvalue weighted by molar-refractivity contribution is -0.148. The van der Waals surface area contributed by atoms with E-state index in [2.05, 4.69) is 5.32 Å². The normalized spacial score (nSPS) is 14.3. The van der Waals surface area contributed by atoms with Crippen LogP contribution in [0.5, 0.6) is 0 Å². The highest BCUT2D eigenvalue weighted by Gasteiger charge is 2.26. The Kier molecular flexibility index (Phi) is 7.55. The van der Waals surface area contributed by atoms with Crippen molar-refractivity contribution in [1.82, 2.24) is 5.32 Å². The van der Waals surface area contributed by atoms with Crippen molar-refractivity contribution in [3.8, 4) is 0 Å². The highest BCUT2D eigenvalue weighted by molar-refractivity contribution is 5.81. The van der Waals surface area contributed by atoms with Gasteiger partial charge in [0.15, 0.2) is 0 Å². The van der Waals surface area contributed by atoms with Crippen molar-refractivity contribution in [3.63, 3.8) is 0 Å². The zero-order valence-corrected chi connectivity index (χ0v) is 16.1. The average Bonchev–Trinajstić information content (AvgIpc) is 2.67. The lowest BCUT2D eigenvalue weighted by Gasteiger charge is -2.24. The van der Waals surface area contributed by atoms with E-state index >= 15 is 0 Å². The van der Waals surface area contributed by atoms with Gasteiger partial charge < -0.3 is 15.8 Å². The lowest BCUT2D eigenvalue weighted by atomic mass is 9.93. The van der Waals surface area contributed by atoms with Gasteiger partial charge in [0.2, 0.25) is 5.91 Å². The number of nitrogens with two attached hydrogens (primary N) is 1. The van der Waals surface area contributed by atoms with Gasteiger partial charge in [-0.3, -0.25) is 9.59 Å². The first-order valence-corrected chi connectivity index (χ1v) is 9.23. The molecule has 27 heavy (non-hydrogen) atoms. The molecule has 1 amide bonds. The van der Waals surface area contributed by atoms with Gasteiger partial charge in [0.05, 0.1) is 24.5 Å². The van der Waals surface area contributed by atoms with Crippen LogP contribution in [0, 0.1) is 5.92 Å². The number of hydrogen-bond donors (Lipinski definition) is 2. The highest BCUT2D eigenvalue weighted by Crippen LogP contribution is 2.22. The molecule has 5 heteroatoms. The van der Waals surface area contributed by atoms with Gasteiger partial charge in [-0.05, 0) is 25.0 Å². The fraction of sp³-hybridized carbons (Fsp3) is 0.364.